The highest BCUT2D eigenvalue weighted by atomic mass is 32.2. The number of imide groups is 1. The van der Waals surface area contributed by atoms with E-state index in [2.05, 4.69) is 12.1 Å². The van der Waals surface area contributed by atoms with Gasteiger partial charge in [-0.2, -0.15) is 0 Å². The Bertz CT molecular complexity index is 958. The van der Waals surface area contributed by atoms with Crippen LogP contribution < -0.4 is 0 Å². The first-order valence-corrected chi connectivity index (χ1v) is 9.90. The fourth-order valence-electron chi connectivity index (χ4n) is 3.23. The van der Waals surface area contributed by atoms with E-state index in [0.29, 0.717) is 6.54 Å². The van der Waals surface area contributed by atoms with Gasteiger partial charge in [-0.05, 0) is 35.4 Å². The van der Waals surface area contributed by atoms with E-state index in [1.54, 1.807) is 11.8 Å². The smallest absolute Gasteiger partial charge is 0.416 e. The van der Waals surface area contributed by atoms with E-state index in [9.17, 15) is 9.59 Å². The summed E-state index contributed by atoms with van der Waals surface area (Å²) in [4.78, 5) is 28.5. The molecule has 2 amide bonds. The van der Waals surface area contributed by atoms with Crippen molar-refractivity contribution in [3.63, 3.8) is 0 Å². The molecule has 28 heavy (non-hydrogen) atoms. The topological polar surface area (TPSA) is 46.6 Å². The summed E-state index contributed by atoms with van der Waals surface area (Å²) in [6.07, 6.45) is -0.567. The second-order valence-electron chi connectivity index (χ2n) is 6.43. The molecule has 1 heterocycles. The Balaban J connectivity index is 1.63. The number of ether oxygens (including phenoxy) is 1. The Kier molecular flexibility index (Phi) is 5.44. The van der Waals surface area contributed by atoms with Crippen LogP contribution in [-0.2, 0) is 9.53 Å². The molecule has 1 aliphatic heterocycles. The second-order valence-corrected chi connectivity index (χ2v) is 7.58. The summed E-state index contributed by atoms with van der Waals surface area (Å²) in [6.45, 7) is 0.543. The summed E-state index contributed by atoms with van der Waals surface area (Å²) in [7, 11) is 0. The van der Waals surface area contributed by atoms with Crippen molar-refractivity contribution in [3.8, 4) is 0 Å². The summed E-state index contributed by atoms with van der Waals surface area (Å²) in [6, 6.07) is 27.6. The first kappa shape index (κ1) is 18.3. The molecule has 1 fully saturated rings. The predicted molar refractivity (Wildman–Crippen MR) is 108 cm³/mol. The van der Waals surface area contributed by atoms with Crippen molar-refractivity contribution >= 4 is 23.8 Å². The largest absolute Gasteiger partial charge is 0.447 e. The molecular formula is C23H19NO3S. The Morgan fingerprint density at radius 3 is 2.00 bits per heavy atom. The van der Waals surface area contributed by atoms with Crippen LogP contribution in [0.4, 0.5) is 4.79 Å². The third-order valence-electron chi connectivity index (χ3n) is 4.60. The minimum absolute atomic E-state index is 0.249. The fraction of sp³-hybridized carbons (Fsp3) is 0.130. The molecule has 1 aliphatic rings. The van der Waals surface area contributed by atoms with Crippen molar-refractivity contribution in [2.75, 3.05) is 13.2 Å². The third kappa shape index (κ3) is 3.94. The molecule has 0 N–H and O–H groups in total. The lowest BCUT2D eigenvalue weighted by Gasteiger charge is -2.21. The van der Waals surface area contributed by atoms with Crippen LogP contribution in [0.3, 0.4) is 0 Å². The Hall–Kier alpha value is -3.05. The summed E-state index contributed by atoms with van der Waals surface area (Å²) < 4.78 is 4.96. The van der Waals surface area contributed by atoms with E-state index in [4.69, 9.17) is 4.74 Å². The number of hydrogen-bond donors (Lipinski definition) is 0. The molecule has 0 radical (unpaired) electrons. The van der Waals surface area contributed by atoms with Gasteiger partial charge < -0.3 is 4.74 Å². The molecule has 140 valence electrons. The molecule has 0 bridgehead atoms. The average Bonchev–Trinajstić information content (AvgIpc) is 3.17. The Morgan fingerprint density at radius 1 is 0.821 bits per heavy atom. The summed E-state index contributed by atoms with van der Waals surface area (Å²) >= 11 is 1.67. The van der Waals surface area contributed by atoms with E-state index in [0.717, 1.165) is 20.9 Å². The molecule has 0 aromatic heterocycles. The molecule has 3 aromatic carbocycles. The maximum Gasteiger partial charge on any atom is 0.416 e. The number of amides is 2. The SMILES string of the molecule is O=C1OCCN1C(=O)[C@@H](c1ccccc1)c1ccc(Sc2ccccc2)cc1. The first-order chi connectivity index (χ1) is 13.7. The summed E-state index contributed by atoms with van der Waals surface area (Å²) in [5.41, 5.74) is 1.71. The fourth-order valence-corrected chi connectivity index (χ4v) is 4.06. The van der Waals surface area contributed by atoms with Gasteiger partial charge in [-0.3, -0.25) is 4.79 Å². The van der Waals surface area contributed by atoms with Gasteiger partial charge >= 0.3 is 6.09 Å². The van der Waals surface area contributed by atoms with Crippen molar-refractivity contribution in [1.82, 2.24) is 4.90 Å². The summed E-state index contributed by atoms with van der Waals surface area (Å²) in [5.74, 6) is -0.792. The number of cyclic esters (lactones) is 1. The maximum atomic E-state index is 13.2. The minimum atomic E-state index is -0.567. The van der Waals surface area contributed by atoms with Crippen molar-refractivity contribution in [2.24, 2.45) is 0 Å². The van der Waals surface area contributed by atoms with E-state index >= 15 is 0 Å². The zero-order valence-electron chi connectivity index (χ0n) is 15.2. The highest BCUT2D eigenvalue weighted by Crippen LogP contribution is 2.32. The van der Waals surface area contributed by atoms with Crippen molar-refractivity contribution < 1.29 is 14.3 Å². The lowest BCUT2D eigenvalue weighted by molar-refractivity contribution is -0.128. The zero-order valence-corrected chi connectivity index (χ0v) is 16.0. The first-order valence-electron chi connectivity index (χ1n) is 9.08. The quantitative estimate of drug-likeness (QED) is 0.620. The van der Waals surface area contributed by atoms with E-state index in [1.165, 1.54) is 4.90 Å². The molecule has 4 nitrogen and oxygen atoms in total. The van der Waals surface area contributed by atoms with Gasteiger partial charge in [0.05, 0.1) is 12.5 Å². The molecule has 0 saturated carbocycles. The molecule has 1 saturated heterocycles. The van der Waals surface area contributed by atoms with Gasteiger partial charge in [0.1, 0.15) is 6.61 Å². The Labute approximate surface area is 168 Å². The van der Waals surface area contributed by atoms with Gasteiger partial charge in [-0.1, -0.05) is 72.4 Å². The third-order valence-corrected chi connectivity index (χ3v) is 5.61. The average molecular weight is 389 g/mol. The van der Waals surface area contributed by atoms with E-state index in [-0.39, 0.29) is 12.5 Å². The van der Waals surface area contributed by atoms with Crippen LogP contribution in [0.15, 0.2) is 94.7 Å². The van der Waals surface area contributed by atoms with Crippen LogP contribution in [0.1, 0.15) is 17.0 Å². The van der Waals surface area contributed by atoms with Gasteiger partial charge in [0.2, 0.25) is 5.91 Å². The highest BCUT2D eigenvalue weighted by Gasteiger charge is 2.35. The van der Waals surface area contributed by atoms with Crippen molar-refractivity contribution in [1.29, 1.82) is 0 Å². The van der Waals surface area contributed by atoms with Crippen LogP contribution in [0, 0.1) is 0 Å². The Morgan fingerprint density at radius 2 is 1.39 bits per heavy atom. The number of benzene rings is 3. The monoisotopic (exact) mass is 389 g/mol. The molecule has 0 aliphatic carbocycles. The van der Waals surface area contributed by atoms with Gasteiger partial charge in [0.25, 0.3) is 0 Å². The summed E-state index contributed by atoms with van der Waals surface area (Å²) in [5, 5.41) is 0. The predicted octanol–water partition coefficient (Wildman–Crippen LogP) is 4.95. The number of carbonyl (C=O) groups excluding carboxylic acids is 2. The molecule has 5 heteroatoms. The normalized spacial score (nSPS) is 14.6. The van der Waals surface area contributed by atoms with E-state index < -0.39 is 12.0 Å². The molecular weight excluding hydrogens is 370 g/mol. The second kappa shape index (κ2) is 8.31. The number of carbonyl (C=O) groups is 2. The van der Waals surface area contributed by atoms with E-state index in [1.807, 2.05) is 72.8 Å². The van der Waals surface area contributed by atoms with Gasteiger partial charge in [-0.15, -0.1) is 0 Å². The molecule has 3 aromatic rings. The zero-order chi connectivity index (χ0) is 19.3. The molecule has 1 atom stereocenters. The van der Waals surface area contributed by atoms with Gasteiger partial charge in [0, 0.05) is 9.79 Å². The maximum absolute atomic E-state index is 13.2. The van der Waals surface area contributed by atoms with Gasteiger partial charge in [-0.25, -0.2) is 9.69 Å². The van der Waals surface area contributed by atoms with Gasteiger partial charge in [0.15, 0.2) is 0 Å². The highest BCUT2D eigenvalue weighted by molar-refractivity contribution is 7.99. The number of hydrogen-bond acceptors (Lipinski definition) is 4. The van der Waals surface area contributed by atoms with Crippen LogP contribution >= 0.6 is 11.8 Å². The number of rotatable bonds is 5. The van der Waals surface area contributed by atoms with Crippen molar-refractivity contribution in [2.45, 2.75) is 15.7 Å². The van der Waals surface area contributed by atoms with Crippen LogP contribution in [0.25, 0.3) is 0 Å². The lowest BCUT2D eigenvalue weighted by Crippen LogP contribution is -2.36. The lowest BCUT2D eigenvalue weighted by atomic mass is 9.90. The number of nitrogens with zero attached hydrogens (tertiary/aromatic N) is 1. The molecule has 4 rings (SSSR count). The standard InChI is InChI=1S/C23H19NO3S/c25-22(24-15-16-27-23(24)26)21(17-7-3-1-4-8-17)18-11-13-20(14-12-18)28-19-9-5-2-6-10-19/h1-14,21H,15-16H2/t21-/m0/s1. The molecule has 0 spiro atoms. The minimum Gasteiger partial charge on any atom is -0.447 e. The molecule has 0 unspecified atom stereocenters. The van der Waals surface area contributed by atoms with Crippen LogP contribution in [-0.4, -0.2) is 30.1 Å². The van der Waals surface area contributed by atoms with Crippen molar-refractivity contribution in [3.05, 3.63) is 96.1 Å². The van der Waals surface area contributed by atoms with Crippen LogP contribution in [0.5, 0.6) is 0 Å². The van der Waals surface area contributed by atoms with Crippen LogP contribution in [0.2, 0.25) is 0 Å².